The minimum absolute atomic E-state index is 0.0726. The molecule has 3 N–H and O–H groups in total. The fourth-order valence-corrected chi connectivity index (χ4v) is 3.93. The molecular formula is C22H21BrN4O5S. The number of anilines is 1. The van der Waals surface area contributed by atoms with Crippen molar-refractivity contribution >= 4 is 49.7 Å². The molecule has 33 heavy (non-hydrogen) atoms. The van der Waals surface area contributed by atoms with Crippen molar-refractivity contribution in [3.05, 3.63) is 81.7 Å². The van der Waals surface area contributed by atoms with E-state index in [1.54, 1.807) is 30.3 Å². The second-order valence-corrected chi connectivity index (χ2v) is 9.74. The summed E-state index contributed by atoms with van der Waals surface area (Å²) in [7, 11) is -3.70. The number of hydrazone groups is 1. The Morgan fingerprint density at radius 3 is 2.48 bits per heavy atom. The van der Waals surface area contributed by atoms with Crippen molar-refractivity contribution in [2.24, 2.45) is 5.10 Å². The van der Waals surface area contributed by atoms with Crippen LogP contribution in [-0.4, -0.2) is 26.4 Å². The monoisotopic (exact) mass is 532 g/mol. The quantitative estimate of drug-likeness (QED) is 0.244. The van der Waals surface area contributed by atoms with Crippen molar-refractivity contribution in [1.82, 2.24) is 10.1 Å². The molecule has 172 valence electrons. The molecule has 2 aromatic carbocycles. The molecule has 0 aliphatic rings. The minimum Gasteiger partial charge on any atom is -0.459 e. The molecule has 2 amide bonds. The number of halogens is 1. The van der Waals surface area contributed by atoms with Crippen LogP contribution in [-0.2, 0) is 26.2 Å². The number of hydrogen-bond donors (Lipinski definition) is 3. The molecule has 3 rings (SSSR count). The van der Waals surface area contributed by atoms with E-state index in [2.05, 4.69) is 36.5 Å². The highest BCUT2D eigenvalue weighted by molar-refractivity contribution is 9.10. The fourth-order valence-electron chi connectivity index (χ4n) is 2.68. The lowest BCUT2D eigenvalue weighted by Gasteiger charge is -2.08. The highest BCUT2D eigenvalue weighted by Gasteiger charge is 2.15. The molecule has 0 fully saturated rings. The molecule has 0 saturated carbocycles. The third kappa shape index (κ3) is 6.85. The molecule has 3 aromatic rings. The number of carbonyl (C=O) groups is 2. The average molecular weight is 533 g/mol. The predicted octanol–water partition coefficient (Wildman–Crippen LogP) is 3.23. The molecule has 0 saturated heterocycles. The molecular weight excluding hydrogens is 512 g/mol. The minimum atomic E-state index is -3.70. The van der Waals surface area contributed by atoms with Crippen molar-refractivity contribution in [3.63, 3.8) is 0 Å². The van der Waals surface area contributed by atoms with Gasteiger partial charge in [-0.15, -0.1) is 0 Å². The standard InChI is InChI=1S/C22H21BrN4O5S/c1-14-3-4-15(2)20(11-14)26-21(28)22(29)27-24-12-17-7-8-18(32-17)13-25-33(30,31)19-9-5-16(23)6-10-19/h3-12,25H,13H2,1-2H3,(H,26,28)(H,27,29)/b24-12+. The number of furan rings is 1. The number of aryl methyl sites for hydroxylation is 2. The Balaban J connectivity index is 1.52. The lowest BCUT2D eigenvalue weighted by atomic mass is 10.1. The van der Waals surface area contributed by atoms with E-state index in [9.17, 15) is 18.0 Å². The second kappa shape index (κ2) is 10.6. The van der Waals surface area contributed by atoms with Gasteiger partial charge in [0.05, 0.1) is 17.7 Å². The number of rotatable bonds is 7. The molecule has 0 spiro atoms. The van der Waals surface area contributed by atoms with Crippen LogP contribution in [0.3, 0.4) is 0 Å². The summed E-state index contributed by atoms with van der Waals surface area (Å²) in [5.41, 5.74) is 4.43. The van der Waals surface area contributed by atoms with Gasteiger partial charge in [0.25, 0.3) is 0 Å². The number of benzene rings is 2. The van der Waals surface area contributed by atoms with Crippen molar-refractivity contribution in [1.29, 1.82) is 0 Å². The van der Waals surface area contributed by atoms with Gasteiger partial charge in [-0.05, 0) is 67.4 Å². The predicted molar refractivity (Wildman–Crippen MR) is 127 cm³/mol. The summed E-state index contributed by atoms with van der Waals surface area (Å²) in [4.78, 5) is 24.1. The largest absolute Gasteiger partial charge is 0.459 e. The van der Waals surface area contributed by atoms with E-state index >= 15 is 0 Å². The van der Waals surface area contributed by atoms with E-state index in [4.69, 9.17) is 4.42 Å². The smallest absolute Gasteiger partial charge is 0.329 e. The first-order chi connectivity index (χ1) is 15.6. The van der Waals surface area contributed by atoms with Gasteiger partial charge in [-0.2, -0.15) is 5.10 Å². The topological polar surface area (TPSA) is 130 Å². The Morgan fingerprint density at radius 1 is 1.03 bits per heavy atom. The third-order valence-corrected chi connectivity index (χ3v) is 6.39. The van der Waals surface area contributed by atoms with Crippen LogP contribution >= 0.6 is 15.9 Å². The van der Waals surface area contributed by atoms with Crippen LogP contribution in [0, 0.1) is 13.8 Å². The first kappa shape index (κ1) is 24.4. The average Bonchev–Trinajstić information content (AvgIpc) is 3.23. The van der Waals surface area contributed by atoms with Gasteiger partial charge in [0.2, 0.25) is 10.0 Å². The van der Waals surface area contributed by atoms with E-state index in [1.807, 2.05) is 26.0 Å². The van der Waals surface area contributed by atoms with Gasteiger partial charge in [-0.25, -0.2) is 18.6 Å². The summed E-state index contributed by atoms with van der Waals surface area (Å²) in [6.07, 6.45) is 1.20. The van der Waals surface area contributed by atoms with Crippen molar-refractivity contribution in [2.45, 2.75) is 25.3 Å². The zero-order chi connectivity index (χ0) is 24.0. The number of amides is 2. The maximum atomic E-state index is 12.3. The van der Waals surface area contributed by atoms with E-state index < -0.39 is 21.8 Å². The van der Waals surface area contributed by atoms with E-state index in [1.165, 1.54) is 18.3 Å². The molecule has 0 aliphatic heterocycles. The van der Waals surface area contributed by atoms with Crippen LogP contribution < -0.4 is 15.5 Å². The third-order valence-electron chi connectivity index (χ3n) is 4.45. The number of sulfonamides is 1. The van der Waals surface area contributed by atoms with Crippen LogP contribution in [0.1, 0.15) is 22.6 Å². The van der Waals surface area contributed by atoms with Crippen molar-refractivity contribution in [3.8, 4) is 0 Å². The van der Waals surface area contributed by atoms with Gasteiger partial charge in [-0.3, -0.25) is 9.59 Å². The molecule has 0 aliphatic carbocycles. The number of carbonyl (C=O) groups excluding carboxylic acids is 2. The van der Waals surface area contributed by atoms with E-state index in [-0.39, 0.29) is 17.2 Å². The van der Waals surface area contributed by atoms with Crippen LogP contribution in [0.25, 0.3) is 0 Å². The van der Waals surface area contributed by atoms with E-state index in [0.29, 0.717) is 11.4 Å². The summed E-state index contributed by atoms with van der Waals surface area (Å²) < 4.78 is 33.3. The molecule has 0 unspecified atom stereocenters. The molecule has 0 radical (unpaired) electrons. The molecule has 0 atom stereocenters. The number of hydrogen-bond acceptors (Lipinski definition) is 6. The van der Waals surface area contributed by atoms with Gasteiger partial charge < -0.3 is 9.73 Å². The lowest BCUT2D eigenvalue weighted by molar-refractivity contribution is -0.136. The van der Waals surface area contributed by atoms with Gasteiger partial charge in [0.1, 0.15) is 11.5 Å². The molecule has 1 aromatic heterocycles. The Bertz CT molecular complexity index is 1300. The van der Waals surface area contributed by atoms with Crippen LogP contribution in [0.4, 0.5) is 5.69 Å². The zero-order valence-corrected chi connectivity index (χ0v) is 20.2. The summed E-state index contributed by atoms with van der Waals surface area (Å²) in [6.45, 7) is 3.62. The Hall–Kier alpha value is -3.28. The maximum Gasteiger partial charge on any atom is 0.329 e. The normalized spacial score (nSPS) is 11.5. The summed E-state index contributed by atoms with van der Waals surface area (Å²) in [5.74, 6) is -1.19. The highest BCUT2D eigenvalue weighted by Crippen LogP contribution is 2.17. The molecule has 0 bridgehead atoms. The van der Waals surface area contributed by atoms with Gasteiger partial charge in [0, 0.05) is 10.2 Å². The van der Waals surface area contributed by atoms with Crippen LogP contribution in [0.2, 0.25) is 0 Å². The summed E-state index contributed by atoms with van der Waals surface area (Å²) in [5, 5.41) is 6.23. The highest BCUT2D eigenvalue weighted by atomic mass is 79.9. The number of nitrogens with zero attached hydrogens (tertiary/aromatic N) is 1. The molecule has 9 nitrogen and oxygen atoms in total. The van der Waals surface area contributed by atoms with Gasteiger partial charge in [-0.1, -0.05) is 28.1 Å². The summed E-state index contributed by atoms with van der Waals surface area (Å²) >= 11 is 3.26. The summed E-state index contributed by atoms with van der Waals surface area (Å²) in [6, 6.07) is 14.8. The van der Waals surface area contributed by atoms with Crippen molar-refractivity contribution in [2.75, 3.05) is 5.32 Å². The Labute approximate surface area is 199 Å². The maximum absolute atomic E-state index is 12.3. The van der Waals surface area contributed by atoms with Gasteiger partial charge in [0.15, 0.2) is 0 Å². The fraction of sp³-hybridized carbons (Fsp3) is 0.136. The van der Waals surface area contributed by atoms with Crippen LogP contribution in [0.15, 0.2) is 73.5 Å². The lowest BCUT2D eigenvalue weighted by Crippen LogP contribution is -2.32. The van der Waals surface area contributed by atoms with E-state index in [0.717, 1.165) is 15.6 Å². The Kier molecular flexibility index (Phi) is 7.79. The Morgan fingerprint density at radius 2 is 1.76 bits per heavy atom. The van der Waals surface area contributed by atoms with Crippen molar-refractivity contribution < 1.29 is 22.4 Å². The SMILES string of the molecule is Cc1ccc(C)c(NC(=O)C(=O)N/N=C/c2ccc(CNS(=O)(=O)c3ccc(Br)cc3)o2)c1. The zero-order valence-electron chi connectivity index (χ0n) is 17.8. The van der Waals surface area contributed by atoms with Gasteiger partial charge >= 0.3 is 11.8 Å². The number of nitrogens with one attached hydrogen (secondary N) is 3. The van der Waals surface area contributed by atoms with Crippen LogP contribution in [0.5, 0.6) is 0 Å². The first-order valence-electron chi connectivity index (χ1n) is 9.69. The second-order valence-electron chi connectivity index (χ2n) is 7.05. The molecule has 11 heteroatoms. The molecule has 1 heterocycles. The first-order valence-corrected chi connectivity index (χ1v) is 12.0.